The molecule has 0 aromatic carbocycles. The van der Waals surface area contributed by atoms with Gasteiger partial charge in [-0.25, -0.2) is 0 Å². The average Bonchev–Trinajstić information content (AvgIpc) is 2.80. The summed E-state index contributed by atoms with van der Waals surface area (Å²) in [5, 5.41) is 30.7. The van der Waals surface area contributed by atoms with E-state index < -0.39 is 0 Å². The molecular weight excluding hydrogens is 322 g/mol. The monoisotopic (exact) mass is 357 g/mol. The highest BCUT2D eigenvalue weighted by atomic mass is 16.3. The van der Waals surface area contributed by atoms with E-state index in [0.29, 0.717) is 11.8 Å². The lowest BCUT2D eigenvalue weighted by Crippen LogP contribution is -2.55. The normalized spacial score (nSPS) is 54.3. The fourth-order valence-electron chi connectivity index (χ4n) is 8.11. The van der Waals surface area contributed by atoms with Gasteiger partial charge in [0.1, 0.15) is 0 Å². The van der Waals surface area contributed by atoms with E-state index in [0.717, 1.165) is 38.5 Å². The molecule has 144 valence electrons. The Morgan fingerprint density at radius 3 is 2.54 bits per heavy atom. The lowest BCUT2D eigenvalue weighted by atomic mass is 9.42. The van der Waals surface area contributed by atoms with E-state index >= 15 is 0 Å². The molecule has 0 saturated heterocycles. The first-order valence-corrected chi connectivity index (χ1v) is 10.6. The zero-order valence-electron chi connectivity index (χ0n) is 16.8. The first-order chi connectivity index (χ1) is 12.2. The topological polar surface area (TPSA) is 64.2 Å². The number of nitrogens with zero attached hydrogens (tertiary/aromatic N) is 1. The molecule has 0 aromatic rings. The zero-order valence-corrected chi connectivity index (χ0v) is 16.8. The van der Waals surface area contributed by atoms with Gasteiger partial charge in [0, 0.05) is 11.8 Å². The zero-order chi connectivity index (χ0) is 18.9. The van der Waals surface area contributed by atoms with E-state index in [1.807, 2.05) is 6.92 Å². The highest BCUT2D eigenvalue weighted by molar-refractivity contribution is 5.27. The van der Waals surface area contributed by atoms with Crippen LogP contribution >= 0.6 is 0 Å². The molecule has 9 atom stereocenters. The van der Waals surface area contributed by atoms with Crippen LogP contribution in [0.25, 0.3) is 0 Å². The largest absolute Gasteiger partial charge is 0.393 e. The Kier molecular flexibility index (Phi) is 4.14. The summed E-state index contributed by atoms with van der Waals surface area (Å²) < 4.78 is 0. The van der Waals surface area contributed by atoms with Crippen molar-refractivity contribution >= 4 is 0 Å². The molecule has 0 aromatic heterocycles. The van der Waals surface area contributed by atoms with Crippen molar-refractivity contribution in [2.75, 3.05) is 0 Å². The van der Waals surface area contributed by atoms with E-state index in [2.05, 4.69) is 32.9 Å². The third kappa shape index (κ3) is 2.18. The molecule has 0 radical (unpaired) electrons. The van der Waals surface area contributed by atoms with Gasteiger partial charge in [0.05, 0.1) is 18.3 Å². The number of hydrogen-bond donors (Lipinski definition) is 2. The molecule has 26 heavy (non-hydrogen) atoms. The van der Waals surface area contributed by atoms with Crippen molar-refractivity contribution in [3.63, 3.8) is 0 Å². The molecule has 3 fully saturated rings. The summed E-state index contributed by atoms with van der Waals surface area (Å²) in [6.07, 6.45) is 9.01. The van der Waals surface area contributed by atoms with Gasteiger partial charge in [0.15, 0.2) is 0 Å². The predicted molar refractivity (Wildman–Crippen MR) is 102 cm³/mol. The van der Waals surface area contributed by atoms with Crippen LogP contribution < -0.4 is 0 Å². The summed E-state index contributed by atoms with van der Waals surface area (Å²) in [4.78, 5) is 0. The van der Waals surface area contributed by atoms with Gasteiger partial charge in [-0.1, -0.05) is 32.4 Å². The fourth-order valence-corrected chi connectivity index (χ4v) is 8.11. The van der Waals surface area contributed by atoms with Gasteiger partial charge in [-0.3, -0.25) is 0 Å². The first-order valence-electron chi connectivity index (χ1n) is 10.6. The quantitative estimate of drug-likeness (QED) is 0.682. The van der Waals surface area contributed by atoms with Gasteiger partial charge in [-0.2, -0.15) is 5.26 Å². The molecule has 3 nitrogen and oxygen atoms in total. The standard InChI is InChI=1S/C23H35NO2/c1-14(13-24)20-19(26)12-23(4)18-6-5-15-11-16(25)7-9-21(15,2)17(18)8-10-22(20,23)3/h5,14,16-20,25-26H,6-12H2,1-4H3/t14-,16+,17?,18?,19-,20+,21+,22-,23+/m1/s1. The Balaban J connectivity index is 1.74. The number of aliphatic hydroxyl groups is 2. The van der Waals surface area contributed by atoms with Crippen LogP contribution in [0.2, 0.25) is 0 Å². The number of allylic oxidation sites excluding steroid dienone is 1. The van der Waals surface area contributed by atoms with E-state index in [1.165, 1.54) is 12.0 Å². The molecule has 3 saturated carbocycles. The van der Waals surface area contributed by atoms with Gasteiger partial charge in [0.25, 0.3) is 0 Å². The summed E-state index contributed by atoms with van der Waals surface area (Å²) in [5.41, 5.74) is 1.84. The molecule has 3 heteroatoms. The summed E-state index contributed by atoms with van der Waals surface area (Å²) >= 11 is 0. The number of aliphatic hydroxyl groups excluding tert-OH is 2. The molecular formula is C23H35NO2. The Morgan fingerprint density at radius 2 is 1.85 bits per heavy atom. The molecule has 2 N–H and O–H groups in total. The summed E-state index contributed by atoms with van der Waals surface area (Å²) in [7, 11) is 0. The van der Waals surface area contributed by atoms with Gasteiger partial charge in [0.2, 0.25) is 0 Å². The van der Waals surface area contributed by atoms with E-state index in [1.54, 1.807) is 0 Å². The van der Waals surface area contributed by atoms with Crippen LogP contribution in [-0.4, -0.2) is 22.4 Å². The molecule has 0 bridgehead atoms. The van der Waals surface area contributed by atoms with Gasteiger partial charge in [-0.05, 0) is 80.0 Å². The van der Waals surface area contributed by atoms with Crippen LogP contribution in [0.15, 0.2) is 11.6 Å². The maximum absolute atomic E-state index is 11.0. The van der Waals surface area contributed by atoms with Crippen molar-refractivity contribution in [2.45, 2.75) is 84.8 Å². The van der Waals surface area contributed by atoms with Gasteiger partial charge >= 0.3 is 0 Å². The van der Waals surface area contributed by atoms with Crippen molar-refractivity contribution in [1.29, 1.82) is 5.26 Å². The van der Waals surface area contributed by atoms with Gasteiger partial charge < -0.3 is 10.2 Å². The van der Waals surface area contributed by atoms with Crippen LogP contribution in [0, 0.1) is 51.2 Å². The lowest BCUT2D eigenvalue weighted by Gasteiger charge is -2.62. The molecule has 4 rings (SSSR count). The second-order valence-corrected chi connectivity index (χ2v) is 10.6. The minimum absolute atomic E-state index is 0.0403. The summed E-state index contributed by atoms with van der Waals surface area (Å²) in [6, 6.07) is 2.44. The Hall–Kier alpha value is -0.850. The van der Waals surface area contributed by atoms with Crippen LogP contribution in [0.1, 0.15) is 72.6 Å². The van der Waals surface area contributed by atoms with E-state index in [-0.39, 0.29) is 40.3 Å². The summed E-state index contributed by atoms with van der Waals surface area (Å²) in [5.74, 6) is 1.22. The number of nitriles is 1. The minimum atomic E-state index is -0.357. The Labute approximate surface area is 158 Å². The van der Waals surface area contributed by atoms with Crippen molar-refractivity contribution in [3.8, 4) is 6.07 Å². The first kappa shape index (κ1) is 18.5. The molecule has 0 aliphatic heterocycles. The highest BCUT2D eigenvalue weighted by Crippen LogP contribution is 2.72. The average molecular weight is 358 g/mol. The predicted octanol–water partition coefficient (Wildman–Crippen LogP) is 4.45. The van der Waals surface area contributed by atoms with Crippen LogP contribution in [-0.2, 0) is 0 Å². The fraction of sp³-hybridized carbons (Fsp3) is 0.870. The molecule has 4 aliphatic rings. The van der Waals surface area contributed by atoms with E-state index in [4.69, 9.17) is 0 Å². The molecule has 0 spiro atoms. The van der Waals surface area contributed by atoms with Crippen LogP contribution in [0.5, 0.6) is 0 Å². The number of fused-ring (bicyclic) bond motifs is 5. The third-order valence-corrected chi connectivity index (χ3v) is 9.73. The number of hydrogen-bond acceptors (Lipinski definition) is 3. The number of rotatable bonds is 1. The molecule has 0 heterocycles. The molecule has 4 aliphatic carbocycles. The van der Waals surface area contributed by atoms with Crippen molar-refractivity contribution in [1.82, 2.24) is 0 Å². The van der Waals surface area contributed by atoms with Crippen LogP contribution in [0.3, 0.4) is 0 Å². The van der Waals surface area contributed by atoms with Crippen molar-refractivity contribution in [3.05, 3.63) is 11.6 Å². The second-order valence-electron chi connectivity index (χ2n) is 10.6. The van der Waals surface area contributed by atoms with Gasteiger partial charge in [-0.15, -0.1) is 0 Å². The highest BCUT2D eigenvalue weighted by Gasteiger charge is 2.67. The Bertz CT molecular complexity index is 666. The second kappa shape index (κ2) is 5.82. The maximum atomic E-state index is 11.0. The molecule has 2 unspecified atom stereocenters. The van der Waals surface area contributed by atoms with Crippen molar-refractivity contribution < 1.29 is 10.2 Å². The Morgan fingerprint density at radius 1 is 1.12 bits per heavy atom. The lowest BCUT2D eigenvalue weighted by molar-refractivity contribution is -0.112. The van der Waals surface area contributed by atoms with E-state index in [9.17, 15) is 15.5 Å². The van der Waals surface area contributed by atoms with Crippen LogP contribution in [0.4, 0.5) is 0 Å². The maximum Gasteiger partial charge on any atom is 0.0657 e. The molecule has 0 amide bonds. The minimum Gasteiger partial charge on any atom is -0.393 e. The third-order valence-electron chi connectivity index (χ3n) is 9.73. The van der Waals surface area contributed by atoms with Crippen molar-refractivity contribution in [2.24, 2.45) is 39.9 Å². The SMILES string of the molecule is C[C@H](C#N)[C@H]1[C@H](O)C[C@@]2(C)C3CC=C4C[C@@H](O)CC[C@]4(C)C3CC[C@]12C. The smallest absolute Gasteiger partial charge is 0.0657 e. The summed E-state index contributed by atoms with van der Waals surface area (Å²) in [6.45, 7) is 9.22.